The van der Waals surface area contributed by atoms with E-state index in [0.29, 0.717) is 11.8 Å². The van der Waals surface area contributed by atoms with Crippen molar-refractivity contribution in [3.05, 3.63) is 48.6 Å². The number of rotatable bonds is 7. The molecule has 0 unspecified atom stereocenters. The molecule has 2 saturated heterocycles. The van der Waals surface area contributed by atoms with Crippen molar-refractivity contribution in [2.75, 3.05) is 7.05 Å². The molecule has 4 nitrogen and oxygen atoms in total. The third-order valence-corrected chi connectivity index (χ3v) is 8.66. The van der Waals surface area contributed by atoms with Crippen LogP contribution in [0.25, 0.3) is 11.1 Å². The van der Waals surface area contributed by atoms with Crippen molar-refractivity contribution >= 4 is 11.1 Å². The van der Waals surface area contributed by atoms with E-state index in [4.69, 9.17) is 5.84 Å². The molecule has 0 aromatic heterocycles. The summed E-state index contributed by atoms with van der Waals surface area (Å²) < 4.78 is 0. The number of allylic oxidation sites excluding steroid dienone is 2. The first kappa shape index (κ1) is 28.1. The predicted octanol–water partition coefficient (Wildman–Crippen LogP) is 7.04. The molecule has 3 N–H and O–H groups in total. The van der Waals surface area contributed by atoms with Gasteiger partial charge in [-0.3, -0.25) is 11.3 Å². The third kappa shape index (κ3) is 6.10. The van der Waals surface area contributed by atoms with E-state index in [1.165, 1.54) is 35.1 Å². The average Bonchev–Trinajstić information content (AvgIpc) is 2.70. The Hall–Kier alpha value is -1.46. The molecule has 0 aliphatic carbocycles. The van der Waals surface area contributed by atoms with Crippen molar-refractivity contribution in [1.82, 2.24) is 15.4 Å². The molecule has 2 heterocycles. The zero-order valence-electron chi connectivity index (χ0n) is 24.1. The molecule has 0 atom stereocenters. The minimum atomic E-state index is 0.000762. The molecular weight excluding hydrogens is 428 g/mol. The smallest absolute Gasteiger partial charge is 0.0306 e. The first-order valence-electron chi connectivity index (χ1n) is 13.5. The van der Waals surface area contributed by atoms with Gasteiger partial charge in [-0.1, -0.05) is 37.4 Å². The second-order valence-electron chi connectivity index (χ2n) is 13.9. The van der Waals surface area contributed by atoms with Gasteiger partial charge < -0.3 is 0 Å². The molecule has 2 aliphatic heterocycles. The van der Waals surface area contributed by atoms with Crippen molar-refractivity contribution in [3.8, 4) is 0 Å². The minimum Gasteiger partial charge on any atom is -0.268 e. The quantitative estimate of drug-likeness (QED) is 0.411. The van der Waals surface area contributed by atoms with Gasteiger partial charge in [0, 0.05) is 22.2 Å². The maximum Gasteiger partial charge on any atom is 0.0306 e. The van der Waals surface area contributed by atoms with Crippen LogP contribution in [-0.4, -0.2) is 39.2 Å². The van der Waals surface area contributed by atoms with E-state index in [0.717, 1.165) is 25.7 Å². The van der Waals surface area contributed by atoms with Crippen molar-refractivity contribution in [1.29, 1.82) is 0 Å². The Morgan fingerprint density at radius 1 is 0.743 bits per heavy atom. The zero-order valence-corrected chi connectivity index (χ0v) is 24.1. The third-order valence-electron chi connectivity index (χ3n) is 8.66. The number of nitrogens with one attached hydrogen (secondary N) is 1. The Balaban J connectivity index is 1.63. The highest BCUT2D eigenvalue weighted by atomic mass is 15.6. The van der Waals surface area contributed by atoms with Gasteiger partial charge in [-0.25, -0.2) is 10.0 Å². The van der Waals surface area contributed by atoms with Gasteiger partial charge in [0.25, 0.3) is 0 Å². The van der Waals surface area contributed by atoms with Crippen LogP contribution in [0.4, 0.5) is 0 Å². The summed E-state index contributed by atoms with van der Waals surface area (Å²) in [6.07, 6.45) is 6.60. The predicted molar refractivity (Wildman–Crippen MR) is 152 cm³/mol. The molecular formula is C31H52N4. The summed E-state index contributed by atoms with van der Waals surface area (Å²) in [7, 11) is 2.04. The first-order chi connectivity index (χ1) is 16.0. The van der Waals surface area contributed by atoms with Crippen molar-refractivity contribution in [3.63, 3.8) is 0 Å². The van der Waals surface area contributed by atoms with Crippen LogP contribution in [0, 0.1) is 11.8 Å². The van der Waals surface area contributed by atoms with Gasteiger partial charge in [-0.15, -0.1) is 0 Å². The molecule has 0 radical (unpaired) electrons. The number of nitrogens with two attached hydrogens (primary N) is 1. The number of hydrogen-bond donors (Lipinski definition) is 2. The standard InChI is InChI=1S/C31H52N4/c1-22(16-24-18-28(3,4)34(32)29(5,6)19-24)26-12-14-27(15-13-26)23(2)17-25-20-30(7,8)35(33-11)31(9,10)21-25/h12-15,24-25,33H,1-2,16-21,32H2,3-11H3. The highest BCUT2D eigenvalue weighted by Gasteiger charge is 2.45. The van der Waals surface area contributed by atoms with Gasteiger partial charge in [0.05, 0.1) is 0 Å². The maximum atomic E-state index is 6.45. The highest BCUT2D eigenvalue weighted by molar-refractivity contribution is 5.69. The molecule has 0 amide bonds. The lowest BCUT2D eigenvalue weighted by molar-refractivity contribution is -0.0831. The molecule has 2 fully saturated rings. The second kappa shape index (κ2) is 9.78. The lowest BCUT2D eigenvalue weighted by Gasteiger charge is -2.55. The van der Waals surface area contributed by atoms with E-state index in [1.54, 1.807) is 0 Å². The number of nitrogens with zero attached hydrogens (tertiary/aromatic N) is 2. The summed E-state index contributed by atoms with van der Waals surface area (Å²) in [6, 6.07) is 8.99. The minimum absolute atomic E-state index is 0.000762. The lowest BCUT2D eigenvalue weighted by atomic mass is 9.72. The molecule has 3 rings (SSSR count). The molecule has 0 saturated carbocycles. The fourth-order valence-corrected chi connectivity index (χ4v) is 7.76. The maximum absolute atomic E-state index is 6.45. The average molecular weight is 481 g/mol. The number of piperidine rings is 2. The number of hydrogen-bond acceptors (Lipinski definition) is 4. The summed E-state index contributed by atoms with van der Waals surface area (Å²) in [5.74, 6) is 7.67. The van der Waals surface area contributed by atoms with E-state index >= 15 is 0 Å². The van der Waals surface area contributed by atoms with E-state index < -0.39 is 0 Å². The van der Waals surface area contributed by atoms with Crippen LogP contribution in [0.1, 0.15) is 105 Å². The van der Waals surface area contributed by atoms with E-state index in [9.17, 15) is 0 Å². The summed E-state index contributed by atoms with van der Waals surface area (Å²) in [4.78, 5) is 0. The summed E-state index contributed by atoms with van der Waals surface area (Å²) in [6.45, 7) is 27.4. The van der Waals surface area contributed by atoms with Crippen LogP contribution < -0.4 is 11.3 Å². The van der Waals surface area contributed by atoms with Crippen LogP contribution >= 0.6 is 0 Å². The normalized spacial score (nSPS) is 24.9. The lowest BCUT2D eigenvalue weighted by Crippen LogP contribution is -2.64. The van der Waals surface area contributed by atoms with Crippen LogP contribution in [0.5, 0.6) is 0 Å². The molecule has 1 aromatic carbocycles. The number of benzene rings is 1. The van der Waals surface area contributed by atoms with Crippen LogP contribution in [-0.2, 0) is 0 Å². The van der Waals surface area contributed by atoms with E-state index in [-0.39, 0.29) is 22.2 Å². The summed E-state index contributed by atoms with van der Waals surface area (Å²) in [5, 5.41) is 4.49. The van der Waals surface area contributed by atoms with Gasteiger partial charge in [0.1, 0.15) is 0 Å². The van der Waals surface area contributed by atoms with Crippen molar-refractivity contribution in [2.45, 2.75) is 116 Å². The topological polar surface area (TPSA) is 44.5 Å². The molecule has 2 aliphatic rings. The second-order valence-corrected chi connectivity index (χ2v) is 13.9. The van der Waals surface area contributed by atoms with Crippen LogP contribution in [0.15, 0.2) is 37.4 Å². The van der Waals surface area contributed by atoms with Gasteiger partial charge in [0.15, 0.2) is 0 Å². The van der Waals surface area contributed by atoms with E-state index in [2.05, 4.69) is 108 Å². The van der Waals surface area contributed by atoms with Crippen LogP contribution in [0.3, 0.4) is 0 Å². The summed E-state index contributed by atoms with van der Waals surface area (Å²) in [5.41, 5.74) is 8.66. The van der Waals surface area contributed by atoms with Crippen molar-refractivity contribution in [2.24, 2.45) is 17.7 Å². The van der Waals surface area contributed by atoms with Gasteiger partial charge >= 0.3 is 0 Å². The molecule has 4 heteroatoms. The Bertz CT molecular complexity index is 886. The SMILES string of the molecule is C=C(CC1CC(C)(C)N(N)C(C)(C)C1)c1ccc(C(=C)CC2CC(C)(C)N(NC)C(C)(C)C2)cc1. The largest absolute Gasteiger partial charge is 0.268 e. The van der Waals surface area contributed by atoms with E-state index in [1.807, 2.05) is 7.05 Å². The molecule has 0 spiro atoms. The molecule has 196 valence electrons. The molecule has 0 bridgehead atoms. The van der Waals surface area contributed by atoms with Crippen molar-refractivity contribution < 1.29 is 0 Å². The highest BCUT2D eigenvalue weighted by Crippen LogP contribution is 2.44. The fourth-order valence-electron chi connectivity index (χ4n) is 7.76. The summed E-state index contributed by atoms with van der Waals surface area (Å²) >= 11 is 0. The molecule has 1 aromatic rings. The number of hydrazine groups is 2. The Labute approximate surface area is 216 Å². The monoisotopic (exact) mass is 480 g/mol. The fraction of sp³-hybridized carbons (Fsp3) is 0.677. The Kier molecular flexibility index (Phi) is 7.85. The first-order valence-corrected chi connectivity index (χ1v) is 13.5. The van der Waals surface area contributed by atoms with Crippen LogP contribution in [0.2, 0.25) is 0 Å². The Morgan fingerprint density at radius 2 is 1.06 bits per heavy atom. The Morgan fingerprint density at radius 3 is 1.37 bits per heavy atom. The van der Waals surface area contributed by atoms with Gasteiger partial charge in [0.2, 0.25) is 0 Å². The van der Waals surface area contributed by atoms with Gasteiger partial charge in [-0.2, -0.15) is 0 Å². The van der Waals surface area contributed by atoms with Gasteiger partial charge in [-0.05, 0) is 135 Å². The zero-order chi connectivity index (χ0) is 26.4. The molecule has 35 heavy (non-hydrogen) atoms.